The molecule has 0 spiro atoms. The fraction of sp³-hybridized carbons (Fsp3) is 0.217. The number of aromatic nitrogens is 12. The minimum Gasteiger partial charge on any atom is -0.397 e. The largest absolute Gasteiger partial charge is 0.397 e. The number of rotatable bonds is 18. The summed E-state index contributed by atoms with van der Waals surface area (Å²) in [5.74, 6) is -2.01. The van der Waals surface area contributed by atoms with Gasteiger partial charge in [-0.3, -0.25) is 39.3 Å². The Balaban J connectivity index is 0.000000148. The highest BCUT2D eigenvalue weighted by Crippen LogP contribution is 2.38. The SMILES string of the molecule is CC(C)(C)c1ccc(S(=O)(=O)Nc2cc(CF)nn2-c2cccc3c2ccc[n+]3O)cc1F.CC(C)(C)c1ccc(S(=O)(=O)Nc2cc(CF)nn2-c2cccc3ncccc23)cc1F.Cc1cc(NS(=O)(=O)c2ccc(C(C)(C)C)c(F)c2)n(-c2ccc(N)c3c2ccc[n+]3O)n1.Cc1cc(NS(=O)(=O)c2ccc(C(C)(C)C)c(F)c2)n(-c2ccc(N)c3ncccc23)n1. The van der Waals surface area contributed by atoms with Crippen molar-refractivity contribution < 1.29 is 79.9 Å². The lowest BCUT2D eigenvalue weighted by atomic mass is 9.87. The third kappa shape index (κ3) is 20.0. The molecule has 0 aliphatic carbocycles. The summed E-state index contributed by atoms with van der Waals surface area (Å²) in [5, 5.41) is 40.1. The molecule has 0 amide bonds. The van der Waals surface area contributed by atoms with Crippen molar-refractivity contribution in [2.24, 2.45) is 0 Å². The number of halogens is 6. The Morgan fingerprint density at radius 2 is 0.700 bits per heavy atom. The van der Waals surface area contributed by atoms with E-state index in [1.54, 1.807) is 129 Å². The number of aryl methyl sites for hydroxylation is 2. The summed E-state index contributed by atoms with van der Waals surface area (Å²) in [6, 6.07) is 52.0. The molecule has 8 heterocycles. The van der Waals surface area contributed by atoms with Crippen molar-refractivity contribution in [3.05, 3.63) is 299 Å². The van der Waals surface area contributed by atoms with Gasteiger partial charge in [0.15, 0.2) is 0 Å². The summed E-state index contributed by atoms with van der Waals surface area (Å²) < 4.78 is 207. The number of anilines is 6. The van der Waals surface area contributed by atoms with Crippen LogP contribution in [0.1, 0.15) is 128 Å². The highest BCUT2D eigenvalue weighted by Gasteiger charge is 2.32. The third-order valence-corrected chi connectivity index (χ3v) is 26.1. The number of nitrogens with one attached hydrogen (secondary N) is 4. The van der Waals surface area contributed by atoms with Crippen LogP contribution in [0.2, 0.25) is 0 Å². The number of benzene rings is 8. The van der Waals surface area contributed by atoms with Crippen LogP contribution in [0.3, 0.4) is 0 Å². The van der Waals surface area contributed by atoms with E-state index in [0.717, 1.165) is 39.1 Å². The second-order valence-electron chi connectivity index (χ2n) is 34.6. The van der Waals surface area contributed by atoms with Gasteiger partial charge in [-0.05, 0) is 185 Å². The maximum atomic E-state index is 14.7. The summed E-state index contributed by atoms with van der Waals surface area (Å²) >= 11 is 0. The maximum Gasteiger partial charge on any atom is 0.289 e. The van der Waals surface area contributed by atoms with Gasteiger partial charge in [0, 0.05) is 75.1 Å². The lowest BCUT2D eigenvalue weighted by molar-refractivity contribution is -0.884. The van der Waals surface area contributed by atoms with Gasteiger partial charge in [0.1, 0.15) is 65.6 Å². The van der Waals surface area contributed by atoms with Crippen LogP contribution < -0.4 is 39.8 Å². The van der Waals surface area contributed by atoms with Gasteiger partial charge in [0.05, 0.1) is 92.6 Å². The van der Waals surface area contributed by atoms with E-state index in [2.05, 4.69) is 49.3 Å². The Morgan fingerprint density at radius 1 is 0.362 bits per heavy atom. The zero-order valence-electron chi connectivity index (χ0n) is 72.9. The normalized spacial score (nSPS) is 12.3. The van der Waals surface area contributed by atoms with Gasteiger partial charge in [-0.15, -0.1) is 0 Å². The highest BCUT2D eigenvalue weighted by molar-refractivity contribution is 7.93. The molecule has 676 valence electrons. The molecule has 16 rings (SSSR count). The number of hydrogen-bond acceptors (Lipinski definition) is 18. The summed E-state index contributed by atoms with van der Waals surface area (Å²) in [7, 11) is -16.6. The van der Waals surface area contributed by atoms with E-state index in [9.17, 15) is 70.4 Å². The lowest BCUT2D eigenvalue weighted by Gasteiger charge is -2.20. The fourth-order valence-corrected chi connectivity index (χ4v) is 18.6. The fourth-order valence-electron chi connectivity index (χ4n) is 14.4. The second kappa shape index (κ2) is 35.9. The van der Waals surface area contributed by atoms with E-state index in [4.69, 9.17) is 11.5 Å². The zero-order valence-corrected chi connectivity index (χ0v) is 76.2. The maximum absolute atomic E-state index is 14.7. The van der Waals surface area contributed by atoms with Crippen LogP contribution in [-0.2, 0) is 75.1 Å². The third-order valence-electron chi connectivity index (χ3n) is 20.7. The molecule has 0 saturated heterocycles. The van der Waals surface area contributed by atoms with E-state index in [-0.39, 0.29) is 54.2 Å². The average Bonchev–Trinajstić information content (AvgIpc) is 1.46. The van der Waals surface area contributed by atoms with Crippen molar-refractivity contribution in [1.82, 2.24) is 49.1 Å². The van der Waals surface area contributed by atoms with Crippen LogP contribution in [0.5, 0.6) is 0 Å². The molecule has 28 nitrogen and oxygen atoms in total. The molecule has 0 bridgehead atoms. The Bertz CT molecular complexity index is 7560. The van der Waals surface area contributed by atoms with E-state index < -0.39 is 98.4 Å². The standard InChI is InChI=1S/C23H23F2N4O3S.C23H22F2N4O2S.C23H25FN5O3S.C23H24FN5O2S/c1-23(2,3)18-10-9-16(13-19(18)25)33(31,32)27-22-12-15(14-24)26-29(22)21-8-4-7-20-17(21)6-5-11-28(20)30;1-23(2,3)18-10-9-16(13-19(18)25)32(30,31)28-22-12-15(14-24)27-29(22)21-8-4-7-20-17(21)6-5-11-26-20;1-14-12-21(27-33(31,32)15-7-8-17(18(24)13-15)23(2,3)4)29(26-14)20-10-9-19(25)22-16(20)6-5-11-28(22)30;1-14-12-21(28-32(30,31)15-7-8-17(18(24)13-15)23(2,3)4)29(27-14)20-10-9-19(25)22-16(20)6-5-11-26-22/h4-13,27,30H,14H2,1-3H3;4-13,28H,14H2,1-3H3;5-13,27,30H,25H2,1-4H3;5-13,28H,25H2,1-4H3/q+1;;+1;. The van der Waals surface area contributed by atoms with Crippen LogP contribution in [0.25, 0.3) is 66.4 Å². The van der Waals surface area contributed by atoms with Gasteiger partial charge in [0.2, 0.25) is 12.4 Å². The molecule has 0 fully saturated rings. The molecule has 130 heavy (non-hydrogen) atoms. The van der Waals surface area contributed by atoms with Gasteiger partial charge in [-0.25, -0.2) is 78.7 Å². The van der Waals surface area contributed by atoms with Crippen LogP contribution in [0.4, 0.5) is 61.0 Å². The van der Waals surface area contributed by atoms with Crippen molar-refractivity contribution in [1.29, 1.82) is 0 Å². The van der Waals surface area contributed by atoms with Crippen molar-refractivity contribution in [3.63, 3.8) is 0 Å². The number of sulfonamides is 4. The Labute approximate surface area is 746 Å². The van der Waals surface area contributed by atoms with E-state index >= 15 is 0 Å². The molecular formula is C92H94F6N18O10S4+2. The quantitative estimate of drug-likeness (QED) is 0.0171. The molecule has 8 aromatic carbocycles. The number of hydrogen-bond donors (Lipinski definition) is 8. The average molecular weight is 1850 g/mol. The number of nitrogen functional groups attached to an aromatic ring is 2. The topological polar surface area (TPSA) is 382 Å². The monoisotopic (exact) mass is 1850 g/mol. The first kappa shape index (κ1) is 93.7. The number of nitrogens with zero attached hydrogens (tertiary/aromatic N) is 12. The van der Waals surface area contributed by atoms with Gasteiger partial charge >= 0.3 is 0 Å². The Hall–Kier alpha value is -14.0. The summed E-state index contributed by atoms with van der Waals surface area (Å²) in [6.07, 6.45) is 6.16. The van der Waals surface area contributed by atoms with Crippen LogP contribution in [-0.4, -0.2) is 93.2 Å². The summed E-state index contributed by atoms with van der Waals surface area (Å²) in [6.45, 7) is 23.9. The predicted octanol–water partition coefficient (Wildman–Crippen LogP) is 17.6. The molecule has 0 atom stereocenters. The molecule has 10 N–H and O–H groups in total. The molecule has 0 radical (unpaired) electrons. The molecule has 0 saturated carbocycles. The first-order valence-electron chi connectivity index (χ1n) is 40.2. The van der Waals surface area contributed by atoms with E-state index in [1.807, 2.05) is 101 Å². The molecule has 8 aromatic heterocycles. The van der Waals surface area contributed by atoms with Gasteiger partial charge < -0.3 is 11.5 Å². The number of fused-ring (bicyclic) bond motifs is 4. The smallest absolute Gasteiger partial charge is 0.289 e. The second-order valence-corrected chi connectivity index (χ2v) is 41.3. The Kier molecular flexibility index (Phi) is 25.9. The van der Waals surface area contributed by atoms with Crippen molar-refractivity contribution >= 4 is 118 Å². The van der Waals surface area contributed by atoms with E-state index in [0.29, 0.717) is 106 Å². The summed E-state index contributed by atoms with van der Waals surface area (Å²) in [5.41, 5.74) is 18.1. The highest BCUT2D eigenvalue weighted by atomic mass is 32.2. The number of nitrogens with two attached hydrogens (primary N) is 2. The van der Waals surface area contributed by atoms with Crippen molar-refractivity contribution in [2.45, 2.75) is 152 Å². The van der Waals surface area contributed by atoms with Crippen LogP contribution >= 0.6 is 0 Å². The zero-order chi connectivity index (χ0) is 94.4. The van der Waals surface area contributed by atoms with E-state index in [1.165, 1.54) is 91.8 Å². The van der Waals surface area contributed by atoms with Crippen molar-refractivity contribution in [3.8, 4) is 22.7 Å². The first-order valence-corrected chi connectivity index (χ1v) is 46.2. The van der Waals surface area contributed by atoms with Gasteiger partial charge in [-0.1, -0.05) is 119 Å². The molecule has 0 unspecified atom stereocenters. The molecule has 38 heteroatoms. The molecular weight excluding hydrogens is 1760 g/mol. The minimum atomic E-state index is -4.21. The van der Waals surface area contributed by atoms with Gasteiger partial charge in [-0.2, -0.15) is 20.4 Å². The number of alkyl halides is 2. The molecule has 0 aliphatic rings. The first-order chi connectivity index (χ1) is 61.0. The van der Waals surface area contributed by atoms with Crippen LogP contribution in [0, 0.1) is 37.1 Å². The van der Waals surface area contributed by atoms with Gasteiger partial charge in [0.25, 0.3) is 51.1 Å². The van der Waals surface area contributed by atoms with Crippen LogP contribution in [0.15, 0.2) is 251 Å². The molecule has 0 aliphatic heterocycles. The lowest BCUT2D eigenvalue weighted by Crippen LogP contribution is -2.31. The van der Waals surface area contributed by atoms with Crippen molar-refractivity contribution in [2.75, 3.05) is 30.4 Å². The molecule has 16 aromatic rings. The number of pyridine rings is 4. The summed E-state index contributed by atoms with van der Waals surface area (Å²) in [4.78, 5) is 7.73. The Morgan fingerprint density at radius 3 is 1.11 bits per heavy atom. The predicted molar refractivity (Wildman–Crippen MR) is 486 cm³/mol. The minimum absolute atomic E-state index is 0.00627.